The number of hydrogen-bond donors (Lipinski definition) is 0. The average Bonchev–Trinajstić information content (AvgIpc) is 2.53. The van der Waals surface area contributed by atoms with Crippen LogP contribution in [0.25, 0.3) is 0 Å². The molecule has 1 saturated carbocycles. The molecule has 52 valence electrons. The van der Waals surface area contributed by atoms with Crippen LogP contribution in [0.2, 0.25) is 0 Å². The Morgan fingerprint density at radius 2 is 1.56 bits per heavy atom. The number of hydrogen-bond acceptors (Lipinski definition) is 0. The van der Waals surface area contributed by atoms with E-state index < -0.39 is 0 Å². The van der Waals surface area contributed by atoms with Crippen molar-refractivity contribution in [1.29, 1.82) is 0 Å². The van der Waals surface area contributed by atoms with Crippen molar-refractivity contribution >= 4 is 9.69 Å². The zero-order chi connectivity index (χ0) is 6.69. The first kappa shape index (κ1) is 7.50. The molecule has 0 spiro atoms. The monoisotopic (exact) mass is 230 g/mol. The number of rotatable bonds is 0. The molecule has 0 atom stereocenters. The minimum absolute atomic E-state index is 1.31. The van der Waals surface area contributed by atoms with Crippen LogP contribution in [0.15, 0.2) is 23.3 Å². The van der Waals surface area contributed by atoms with Crippen LogP contribution in [0.5, 0.6) is 0 Å². The van der Waals surface area contributed by atoms with Gasteiger partial charge in [-0.05, 0) is 19.3 Å². The molecule has 2 rings (SSSR count). The summed E-state index contributed by atoms with van der Waals surface area (Å²) in [5.74, 6) is 0. The van der Waals surface area contributed by atoms with Gasteiger partial charge in [0.15, 0.2) is 0 Å². The molecule has 0 amide bonds. The standard InChI is InChI=1S/C7H8.ClH.Rh/c1-2-7-4-3-6(1)5-7;;/h1-2H,3-5H2;1H;/q;;+1/p-1. The molecule has 2 heteroatoms. The molecule has 0 aromatic heterocycles. The molecule has 0 aromatic rings. The molecular weight excluding hydrogens is 222 g/mol. The number of allylic oxidation sites excluding steroid dienone is 4. The Hall–Kier alpha value is 0.393. The second kappa shape index (κ2) is 3.53. The van der Waals surface area contributed by atoms with Gasteiger partial charge in [0, 0.05) is 0 Å². The van der Waals surface area contributed by atoms with Gasteiger partial charge in [-0.1, -0.05) is 23.3 Å². The van der Waals surface area contributed by atoms with Crippen LogP contribution >= 0.6 is 9.69 Å². The van der Waals surface area contributed by atoms with E-state index in [4.69, 9.17) is 0 Å². The van der Waals surface area contributed by atoms with Crippen molar-refractivity contribution in [2.75, 3.05) is 0 Å². The van der Waals surface area contributed by atoms with Gasteiger partial charge in [0.2, 0.25) is 0 Å². The van der Waals surface area contributed by atoms with Gasteiger partial charge in [0.05, 0.1) is 0 Å². The summed E-state index contributed by atoms with van der Waals surface area (Å²) in [4.78, 5) is 0. The quantitative estimate of drug-likeness (QED) is 0.561. The fraction of sp³-hybridized carbons (Fsp3) is 0.429. The molecule has 9 heavy (non-hydrogen) atoms. The van der Waals surface area contributed by atoms with Gasteiger partial charge in [0.1, 0.15) is 0 Å². The summed E-state index contributed by atoms with van der Waals surface area (Å²) in [6, 6.07) is 0. The zero-order valence-corrected chi connectivity index (χ0v) is 7.38. The van der Waals surface area contributed by atoms with E-state index in [9.17, 15) is 0 Å². The predicted octanol–water partition coefficient (Wildman–Crippen LogP) is 2.72. The van der Waals surface area contributed by atoms with E-state index in [-0.39, 0.29) is 0 Å². The molecule has 2 aliphatic rings. The van der Waals surface area contributed by atoms with E-state index in [2.05, 4.69) is 21.8 Å². The summed E-state index contributed by atoms with van der Waals surface area (Å²) in [5.41, 5.74) is 3.30. The SMILES string of the molecule is C1=C2CCC(=C1)C2.[Cl][Rh]. The summed E-state index contributed by atoms with van der Waals surface area (Å²) >= 11 is 2.02. The van der Waals surface area contributed by atoms with Crippen LogP contribution in [-0.4, -0.2) is 0 Å². The van der Waals surface area contributed by atoms with Crippen LogP contribution in [0.4, 0.5) is 0 Å². The first-order valence-corrected chi connectivity index (χ1v) is 5.06. The molecular formula is C7H8ClRh. The predicted molar refractivity (Wildman–Crippen MR) is 35.9 cm³/mol. The molecule has 0 unspecified atom stereocenters. The normalized spacial score (nSPS) is 20.3. The summed E-state index contributed by atoms with van der Waals surface area (Å²) in [5, 5.41) is 0. The zero-order valence-electron chi connectivity index (χ0n) is 4.99. The van der Waals surface area contributed by atoms with E-state index >= 15 is 0 Å². The average molecular weight is 230 g/mol. The Balaban J connectivity index is 0.000000186. The number of fused-ring (bicyclic) bond motifs is 2. The van der Waals surface area contributed by atoms with Crippen molar-refractivity contribution in [3.05, 3.63) is 23.3 Å². The van der Waals surface area contributed by atoms with E-state index in [1.54, 1.807) is 11.1 Å². The van der Waals surface area contributed by atoms with E-state index in [1.165, 1.54) is 19.3 Å². The van der Waals surface area contributed by atoms with Gasteiger partial charge in [-0.15, -0.1) is 0 Å². The van der Waals surface area contributed by atoms with Crippen LogP contribution in [0.1, 0.15) is 19.3 Å². The van der Waals surface area contributed by atoms with Crippen molar-refractivity contribution in [3.8, 4) is 0 Å². The van der Waals surface area contributed by atoms with E-state index in [0.717, 1.165) is 0 Å². The van der Waals surface area contributed by atoms with Gasteiger partial charge >= 0.3 is 27.0 Å². The van der Waals surface area contributed by atoms with Gasteiger partial charge < -0.3 is 0 Å². The third kappa shape index (κ3) is 1.66. The Morgan fingerprint density at radius 1 is 1.11 bits per heavy atom. The molecule has 2 aliphatic carbocycles. The maximum atomic E-state index is 4.53. The maximum absolute atomic E-state index is 4.53. The third-order valence-corrected chi connectivity index (χ3v) is 1.78. The van der Waals surface area contributed by atoms with E-state index in [1.807, 2.05) is 17.3 Å². The molecule has 0 aliphatic heterocycles. The first-order chi connectivity index (χ1) is 4.45. The van der Waals surface area contributed by atoms with Crippen LogP contribution < -0.4 is 0 Å². The Bertz CT molecular complexity index is 140. The van der Waals surface area contributed by atoms with Crippen LogP contribution in [0, 0.1) is 0 Å². The van der Waals surface area contributed by atoms with E-state index in [0.29, 0.717) is 0 Å². The summed E-state index contributed by atoms with van der Waals surface area (Å²) < 4.78 is 0. The third-order valence-electron chi connectivity index (χ3n) is 1.78. The first-order valence-electron chi connectivity index (χ1n) is 2.95. The van der Waals surface area contributed by atoms with Crippen LogP contribution in [0.3, 0.4) is 0 Å². The second-order valence-corrected chi connectivity index (χ2v) is 2.33. The van der Waals surface area contributed by atoms with Crippen molar-refractivity contribution in [3.63, 3.8) is 0 Å². The molecule has 2 bridgehead atoms. The molecule has 0 aromatic carbocycles. The topological polar surface area (TPSA) is 0 Å². The molecule has 1 fully saturated rings. The van der Waals surface area contributed by atoms with Crippen LogP contribution in [-0.2, 0) is 17.3 Å². The Morgan fingerprint density at radius 3 is 1.67 bits per heavy atom. The van der Waals surface area contributed by atoms with Crippen molar-refractivity contribution in [1.82, 2.24) is 0 Å². The van der Waals surface area contributed by atoms with Crippen molar-refractivity contribution in [2.45, 2.75) is 19.3 Å². The summed E-state index contributed by atoms with van der Waals surface area (Å²) in [6.45, 7) is 0. The number of halogens is 1. The minimum atomic E-state index is 1.31. The van der Waals surface area contributed by atoms with Gasteiger partial charge in [-0.2, -0.15) is 0 Å². The van der Waals surface area contributed by atoms with Gasteiger partial charge in [0.25, 0.3) is 0 Å². The summed E-state index contributed by atoms with van der Waals surface area (Å²) in [7, 11) is 4.53. The second-order valence-electron chi connectivity index (χ2n) is 2.33. The Kier molecular flexibility index (Phi) is 2.95. The molecule has 0 heterocycles. The Labute approximate surface area is 69.7 Å². The molecule has 0 saturated heterocycles. The molecule has 0 N–H and O–H groups in total. The van der Waals surface area contributed by atoms with Crippen molar-refractivity contribution in [2.24, 2.45) is 0 Å². The molecule has 0 radical (unpaired) electrons. The van der Waals surface area contributed by atoms with Crippen molar-refractivity contribution < 1.29 is 17.3 Å². The fourth-order valence-electron chi connectivity index (χ4n) is 1.31. The summed E-state index contributed by atoms with van der Waals surface area (Å²) in [6.07, 6.45) is 8.54. The van der Waals surface area contributed by atoms with Gasteiger partial charge in [-0.3, -0.25) is 0 Å². The molecule has 0 nitrogen and oxygen atoms in total. The fourth-order valence-corrected chi connectivity index (χ4v) is 1.31. The van der Waals surface area contributed by atoms with Gasteiger partial charge in [-0.25, -0.2) is 0 Å².